The third-order valence-electron chi connectivity index (χ3n) is 5.79. The molecular formula is C25H24FNO3S2. The molecule has 1 atom stereocenters. The Morgan fingerprint density at radius 2 is 1.75 bits per heavy atom. The lowest BCUT2D eigenvalue weighted by Crippen LogP contribution is -2.40. The van der Waals surface area contributed by atoms with Gasteiger partial charge >= 0.3 is 0 Å². The number of amides is 1. The van der Waals surface area contributed by atoms with Gasteiger partial charge in [0.05, 0.1) is 16.5 Å². The van der Waals surface area contributed by atoms with Crippen LogP contribution in [0.25, 0.3) is 11.1 Å². The number of sulfone groups is 1. The molecule has 4 nitrogen and oxygen atoms in total. The molecule has 1 amide bonds. The van der Waals surface area contributed by atoms with Crippen molar-refractivity contribution in [2.24, 2.45) is 0 Å². The predicted octanol–water partition coefficient (Wildman–Crippen LogP) is 5.53. The highest BCUT2D eigenvalue weighted by molar-refractivity contribution is 7.98. The number of carbonyl (C=O) groups excluding carboxylic acids is 1. The molecular weight excluding hydrogens is 445 g/mol. The Hall–Kier alpha value is -2.64. The van der Waals surface area contributed by atoms with E-state index in [0.717, 1.165) is 29.6 Å². The molecule has 1 aliphatic rings. The molecule has 1 heterocycles. The Morgan fingerprint density at radius 1 is 1.03 bits per heavy atom. The van der Waals surface area contributed by atoms with Gasteiger partial charge in [-0.2, -0.15) is 0 Å². The number of benzene rings is 3. The minimum absolute atomic E-state index is 0.115. The van der Waals surface area contributed by atoms with E-state index in [4.69, 9.17) is 0 Å². The van der Waals surface area contributed by atoms with E-state index in [1.165, 1.54) is 17.0 Å². The molecule has 7 heteroatoms. The van der Waals surface area contributed by atoms with Crippen LogP contribution in [0.1, 0.15) is 24.3 Å². The predicted molar refractivity (Wildman–Crippen MR) is 127 cm³/mol. The molecule has 0 N–H and O–H groups in total. The van der Waals surface area contributed by atoms with Crippen molar-refractivity contribution in [1.29, 1.82) is 0 Å². The molecule has 1 aliphatic heterocycles. The molecule has 0 aromatic heterocycles. The summed E-state index contributed by atoms with van der Waals surface area (Å²) in [6.07, 6.45) is 4.65. The summed E-state index contributed by atoms with van der Waals surface area (Å²) in [6, 6.07) is 19.0. The Labute approximate surface area is 192 Å². The lowest BCUT2D eigenvalue weighted by atomic mass is 9.89. The first-order valence-corrected chi connectivity index (χ1v) is 13.5. The Bertz CT molecular complexity index is 1260. The second-order valence-corrected chi connectivity index (χ2v) is 10.8. The molecule has 3 aromatic carbocycles. The van der Waals surface area contributed by atoms with Gasteiger partial charge in [0.15, 0.2) is 9.84 Å². The molecule has 3 aromatic rings. The van der Waals surface area contributed by atoms with Crippen LogP contribution in [0.15, 0.2) is 76.5 Å². The van der Waals surface area contributed by atoms with Gasteiger partial charge in [-0.25, -0.2) is 12.8 Å². The topological polar surface area (TPSA) is 54.5 Å². The van der Waals surface area contributed by atoms with Crippen molar-refractivity contribution in [2.45, 2.75) is 28.6 Å². The quantitative estimate of drug-likeness (QED) is 0.461. The molecule has 0 aliphatic carbocycles. The fraction of sp³-hybridized carbons (Fsp3) is 0.240. The van der Waals surface area contributed by atoms with Crippen molar-refractivity contribution < 1.29 is 17.6 Å². The van der Waals surface area contributed by atoms with E-state index in [1.807, 2.05) is 30.5 Å². The van der Waals surface area contributed by atoms with E-state index in [9.17, 15) is 13.2 Å². The summed E-state index contributed by atoms with van der Waals surface area (Å²) in [4.78, 5) is 16.0. The van der Waals surface area contributed by atoms with Gasteiger partial charge in [0.2, 0.25) is 5.91 Å². The summed E-state index contributed by atoms with van der Waals surface area (Å²) >= 11 is 1.64. The van der Waals surface area contributed by atoms with Crippen molar-refractivity contribution in [3.8, 4) is 11.1 Å². The summed E-state index contributed by atoms with van der Waals surface area (Å²) < 4.78 is 39.5. The number of rotatable bonds is 5. The van der Waals surface area contributed by atoms with Crippen molar-refractivity contribution in [1.82, 2.24) is 0 Å². The number of hydrogen-bond acceptors (Lipinski definition) is 4. The molecule has 0 saturated carbocycles. The summed E-state index contributed by atoms with van der Waals surface area (Å²) in [5.74, 6) is -0.960. The number of anilines is 1. The fourth-order valence-corrected chi connectivity index (χ4v) is 5.50. The number of halogens is 1. The zero-order valence-corrected chi connectivity index (χ0v) is 19.5. The minimum atomic E-state index is -3.47. The SMILES string of the molecule is CSc1ccc(C2CCCN(c3ccc(-c4ccccc4S(C)(=O)=O)cc3F)C2=O)cc1. The van der Waals surface area contributed by atoms with Crippen LogP contribution < -0.4 is 4.90 Å². The third-order valence-corrected chi connectivity index (χ3v) is 7.69. The molecule has 1 fully saturated rings. The van der Waals surface area contributed by atoms with Gasteiger partial charge in [0.1, 0.15) is 5.82 Å². The van der Waals surface area contributed by atoms with Crippen LogP contribution in [0.5, 0.6) is 0 Å². The maximum Gasteiger partial charge on any atom is 0.234 e. The summed E-state index contributed by atoms with van der Waals surface area (Å²) in [5, 5.41) is 0. The largest absolute Gasteiger partial charge is 0.309 e. The second kappa shape index (κ2) is 9.08. The molecule has 0 radical (unpaired) electrons. The van der Waals surface area contributed by atoms with Crippen molar-refractivity contribution in [3.05, 3.63) is 78.1 Å². The normalized spacial score (nSPS) is 16.9. The average molecular weight is 470 g/mol. The molecule has 0 spiro atoms. The maximum absolute atomic E-state index is 15.2. The van der Waals surface area contributed by atoms with Crippen LogP contribution >= 0.6 is 11.8 Å². The number of carbonyl (C=O) groups is 1. The first-order valence-electron chi connectivity index (χ1n) is 10.3. The lowest BCUT2D eigenvalue weighted by Gasteiger charge is -2.33. The Balaban J connectivity index is 1.65. The lowest BCUT2D eigenvalue weighted by molar-refractivity contribution is -0.121. The molecule has 0 bridgehead atoms. The van der Waals surface area contributed by atoms with E-state index < -0.39 is 15.7 Å². The third kappa shape index (κ3) is 4.45. The highest BCUT2D eigenvalue weighted by Gasteiger charge is 2.32. The van der Waals surface area contributed by atoms with Crippen LogP contribution in [0.4, 0.5) is 10.1 Å². The van der Waals surface area contributed by atoms with E-state index in [0.29, 0.717) is 17.7 Å². The van der Waals surface area contributed by atoms with E-state index in [1.54, 1.807) is 42.1 Å². The van der Waals surface area contributed by atoms with E-state index >= 15 is 4.39 Å². The average Bonchev–Trinajstić information content (AvgIpc) is 2.79. The molecule has 1 unspecified atom stereocenters. The van der Waals surface area contributed by atoms with Crippen LogP contribution in [0, 0.1) is 5.82 Å². The van der Waals surface area contributed by atoms with Gasteiger partial charge in [0, 0.05) is 23.3 Å². The molecule has 166 valence electrons. The standard InChI is InChI=1S/C25H24FNO3S2/c1-31-19-12-9-17(10-13-19)21-7-5-15-27(25(21)28)23-14-11-18(16-22(23)26)20-6-3-4-8-24(20)32(2,29)30/h3-4,6,8-14,16,21H,5,7,15H2,1-2H3. The summed E-state index contributed by atoms with van der Waals surface area (Å²) in [5.41, 5.74) is 2.07. The van der Waals surface area contributed by atoms with Gasteiger partial charge in [0.25, 0.3) is 0 Å². The van der Waals surface area contributed by atoms with Crippen molar-refractivity contribution >= 4 is 33.2 Å². The number of hydrogen-bond donors (Lipinski definition) is 0. The summed E-state index contributed by atoms with van der Waals surface area (Å²) in [7, 11) is -3.47. The highest BCUT2D eigenvalue weighted by Crippen LogP contribution is 2.35. The highest BCUT2D eigenvalue weighted by atomic mass is 32.2. The van der Waals surface area contributed by atoms with Crippen LogP contribution in [-0.2, 0) is 14.6 Å². The number of thioether (sulfide) groups is 1. The van der Waals surface area contributed by atoms with Gasteiger partial charge < -0.3 is 4.90 Å². The van der Waals surface area contributed by atoms with Crippen LogP contribution in [0.2, 0.25) is 0 Å². The number of piperidine rings is 1. The molecule has 1 saturated heterocycles. The summed E-state index contributed by atoms with van der Waals surface area (Å²) in [6.45, 7) is 0.453. The zero-order valence-electron chi connectivity index (χ0n) is 17.9. The van der Waals surface area contributed by atoms with Gasteiger partial charge in [-0.3, -0.25) is 4.79 Å². The smallest absolute Gasteiger partial charge is 0.234 e. The Kier molecular flexibility index (Phi) is 6.40. The Morgan fingerprint density at radius 3 is 2.41 bits per heavy atom. The van der Waals surface area contributed by atoms with Gasteiger partial charge in [-0.1, -0.05) is 36.4 Å². The van der Waals surface area contributed by atoms with Crippen molar-refractivity contribution in [3.63, 3.8) is 0 Å². The second-order valence-electron chi connectivity index (χ2n) is 7.89. The monoisotopic (exact) mass is 469 g/mol. The number of nitrogens with zero attached hydrogens (tertiary/aromatic N) is 1. The van der Waals surface area contributed by atoms with Crippen LogP contribution in [0.3, 0.4) is 0 Å². The first-order chi connectivity index (χ1) is 15.3. The maximum atomic E-state index is 15.2. The fourth-order valence-electron chi connectivity index (χ4n) is 4.18. The van der Waals surface area contributed by atoms with Gasteiger partial charge in [-0.15, -0.1) is 11.8 Å². The molecule has 32 heavy (non-hydrogen) atoms. The minimum Gasteiger partial charge on any atom is -0.309 e. The van der Waals surface area contributed by atoms with E-state index in [-0.39, 0.29) is 22.4 Å². The first kappa shape index (κ1) is 22.6. The van der Waals surface area contributed by atoms with Crippen molar-refractivity contribution in [2.75, 3.05) is 24.0 Å². The van der Waals surface area contributed by atoms with Crippen LogP contribution in [-0.4, -0.2) is 33.4 Å². The van der Waals surface area contributed by atoms with E-state index in [2.05, 4.69) is 0 Å². The molecule has 4 rings (SSSR count). The zero-order chi connectivity index (χ0) is 22.9. The van der Waals surface area contributed by atoms with Gasteiger partial charge in [-0.05, 0) is 60.6 Å².